The lowest BCUT2D eigenvalue weighted by Crippen LogP contribution is -2.52. The number of nitrogens with zero attached hydrogens (tertiary/aromatic N) is 1. The first-order chi connectivity index (χ1) is 14.3. The van der Waals surface area contributed by atoms with E-state index in [4.69, 9.17) is 0 Å². The minimum atomic E-state index is -3.27. The third-order valence-electron chi connectivity index (χ3n) is 7.76. The fourth-order valence-corrected chi connectivity index (χ4v) is 7.31. The van der Waals surface area contributed by atoms with E-state index in [1.165, 1.54) is 12.8 Å². The molecule has 1 aromatic heterocycles. The van der Waals surface area contributed by atoms with Crippen molar-refractivity contribution in [1.29, 1.82) is 0 Å². The lowest BCUT2D eigenvalue weighted by Gasteiger charge is -2.43. The fourth-order valence-electron chi connectivity index (χ4n) is 6.26. The molecule has 1 heterocycles. The van der Waals surface area contributed by atoms with Crippen molar-refractivity contribution in [3.8, 4) is 0 Å². The monoisotopic (exact) mass is 509 g/mol. The number of aromatic nitrogens is 1. The molecule has 0 spiro atoms. The Labute approximate surface area is 193 Å². The van der Waals surface area contributed by atoms with Crippen LogP contribution >= 0.6 is 15.9 Å². The predicted octanol–water partition coefficient (Wildman–Crippen LogP) is 4.21. The maximum absolute atomic E-state index is 13.6. The Morgan fingerprint density at radius 1 is 1.29 bits per heavy atom. The minimum absolute atomic E-state index is 0.0396. The van der Waals surface area contributed by atoms with Crippen LogP contribution in [0.25, 0.3) is 10.9 Å². The van der Waals surface area contributed by atoms with Crippen LogP contribution in [0.1, 0.15) is 56.1 Å². The zero-order chi connectivity index (χ0) is 22.8. The highest BCUT2D eigenvalue weighted by atomic mass is 79.9. The molecule has 31 heavy (non-hydrogen) atoms. The summed E-state index contributed by atoms with van der Waals surface area (Å²) < 4.78 is 28.5. The van der Waals surface area contributed by atoms with E-state index in [0.717, 1.165) is 33.7 Å². The van der Waals surface area contributed by atoms with E-state index in [0.29, 0.717) is 18.0 Å². The highest BCUT2D eigenvalue weighted by molar-refractivity contribution is 9.10. The van der Waals surface area contributed by atoms with E-state index in [1.54, 1.807) is 0 Å². The zero-order valence-corrected chi connectivity index (χ0v) is 21.3. The van der Waals surface area contributed by atoms with Gasteiger partial charge in [-0.2, -0.15) is 0 Å². The van der Waals surface area contributed by atoms with E-state index in [2.05, 4.69) is 46.7 Å². The Balaban J connectivity index is 1.70. The van der Waals surface area contributed by atoms with Gasteiger partial charge in [0.2, 0.25) is 10.0 Å². The van der Waals surface area contributed by atoms with Crippen molar-refractivity contribution < 1.29 is 13.2 Å². The molecule has 2 aliphatic carbocycles. The number of carbonyl (C=O) groups is 1. The topological polar surface area (TPSA) is 80.2 Å². The summed E-state index contributed by atoms with van der Waals surface area (Å²) in [5.74, 6) is 0.615. The quantitative estimate of drug-likeness (QED) is 0.611. The lowest BCUT2D eigenvalue weighted by molar-refractivity contribution is 0.0738. The molecule has 4 rings (SSSR count). The predicted molar refractivity (Wildman–Crippen MR) is 128 cm³/mol. The molecule has 0 aliphatic heterocycles. The summed E-state index contributed by atoms with van der Waals surface area (Å²) in [4.78, 5) is 13.6. The van der Waals surface area contributed by atoms with Crippen LogP contribution in [0.2, 0.25) is 0 Å². The average molecular weight is 510 g/mol. The van der Waals surface area contributed by atoms with Gasteiger partial charge in [0.15, 0.2) is 0 Å². The second-order valence-corrected chi connectivity index (χ2v) is 12.9. The Morgan fingerprint density at radius 3 is 2.61 bits per heavy atom. The normalized spacial score (nSPS) is 27.2. The van der Waals surface area contributed by atoms with Crippen LogP contribution in [-0.4, -0.2) is 37.7 Å². The van der Waals surface area contributed by atoms with Gasteiger partial charge in [-0.1, -0.05) is 32.9 Å². The second-order valence-electron chi connectivity index (χ2n) is 10.2. The van der Waals surface area contributed by atoms with Crippen LogP contribution in [0, 0.1) is 23.7 Å². The summed E-state index contributed by atoms with van der Waals surface area (Å²) in [6.07, 6.45) is 4.73. The molecule has 2 aromatic rings. The van der Waals surface area contributed by atoms with E-state index in [-0.39, 0.29) is 29.3 Å². The molecule has 2 bridgehead atoms. The number of fused-ring (bicyclic) bond motifs is 3. The maximum Gasteiger partial charge on any atom is 0.253 e. The van der Waals surface area contributed by atoms with Gasteiger partial charge < -0.3 is 9.88 Å². The van der Waals surface area contributed by atoms with Crippen LogP contribution < -0.4 is 10.0 Å². The summed E-state index contributed by atoms with van der Waals surface area (Å²) in [6, 6.07) is 5.99. The summed E-state index contributed by atoms with van der Waals surface area (Å²) in [5, 5.41) is 4.31. The van der Waals surface area contributed by atoms with Gasteiger partial charge >= 0.3 is 0 Å². The number of hydrogen-bond acceptors (Lipinski definition) is 3. The van der Waals surface area contributed by atoms with E-state index < -0.39 is 10.0 Å². The molecular weight excluding hydrogens is 478 g/mol. The Kier molecular flexibility index (Phi) is 5.59. The number of hydrogen-bond donors (Lipinski definition) is 2. The standard InChI is InChI=1S/C23H32BrN3O3S/c1-14-18(20(28)26-21-22(2,3)15-9-10-23(21,4)13-15)16-7-6-8-17(24)19(16)27(14)12-11-25-31(5,29)30/h6-8,15,21,25H,9-13H2,1-5H3,(H,26,28). The molecule has 0 saturated heterocycles. The number of carbonyl (C=O) groups excluding carboxylic acids is 1. The van der Waals surface area contributed by atoms with Crippen LogP contribution in [0.15, 0.2) is 22.7 Å². The van der Waals surface area contributed by atoms with Gasteiger partial charge in [0.25, 0.3) is 5.91 Å². The number of benzene rings is 1. The Bertz CT molecular complexity index is 1150. The van der Waals surface area contributed by atoms with Crippen LogP contribution in [-0.2, 0) is 16.6 Å². The molecule has 0 radical (unpaired) electrons. The van der Waals surface area contributed by atoms with Gasteiger partial charge in [0.1, 0.15) is 0 Å². The number of sulfonamides is 1. The zero-order valence-electron chi connectivity index (χ0n) is 18.9. The van der Waals surface area contributed by atoms with Crippen molar-refractivity contribution in [3.63, 3.8) is 0 Å². The number of amides is 1. The van der Waals surface area contributed by atoms with Gasteiger partial charge in [-0.3, -0.25) is 4.79 Å². The fraction of sp³-hybridized carbons (Fsp3) is 0.609. The van der Waals surface area contributed by atoms with Gasteiger partial charge in [-0.15, -0.1) is 0 Å². The molecule has 3 atom stereocenters. The summed E-state index contributed by atoms with van der Waals surface area (Å²) in [6.45, 7) is 9.54. The molecule has 2 aliphatic rings. The molecule has 2 N–H and O–H groups in total. The van der Waals surface area contributed by atoms with Crippen LogP contribution in [0.5, 0.6) is 0 Å². The van der Waals surface area contributed by atoms with Crippen LogP contribution in [0.3, 0.4) is 0 Å². The van der Waals surface area contributed by atoms with Crippen molar-refractivity contribution in [3.05, 3.63) is 33.9 Å². The van der Waals surface area contributed by atoms with Gasteiger partial charge in [-0.05, 0) is 64.9 Å². The molecule has 170 valence electrons. The first-order valence-corrected chi connectivity index (χ1v) is 13.6. The molecule has 1 amide bonds. The minimum Gasteiger partial charge on any atom is -0.348 e. The van der Waals surface area contributed by atoms with Crippen molar-refractivity contribution in [2.24, 2.45) is 16.7 Å². The third kappa shape index (κ3) is 3.85. The Morgan fingerprint density at radius 2 is 2.00 bits per heavy atom. The lowest BCUT2D eigenvalue weighted by atomic mass is 9.68. The largest absolute Gasteiger partial charge is 0.348 e. The number of para-hydroxylation sites is 1. The summed E-state index contributed by atoms with van der Waals surface area (Å²) in [5.41, 5.74) is 2.67. The summed E-state index contributed by atoms with van der Waals surface area (Å²) in [7, 11) is -3.27. The number of halogens is 1. The van der Waals surface area contributed by atoms with Gasteiger partial charge in [0, 0.05) is 34.7 Å². The van der Waals surface area contributed by atoms with Crippen LogP contribution in [0.4, 0.5) is 0 Å². The molecule has 8 heteroatoms. The first kappa shape index (κ1) is 22.8. The SMILES string of the molecule is Cc1c(C(=O)NC2C3(C)CCC(C3)C2(C)C)c2cccc(Br)c2n1CCNS(C)(=O)=O. The number of rotatable bonds is 6. The molecule has 2 fully saturated rings. The molecule has 3 unspecified atom stereocenters. The smallest absolute Gasteiger partial charge is 0.253 e. The van der Waals surface area contributed by atoms with E-state index in [1.807, 2.05) is 29.7 Å². The highest BCUT2D eigenvalue weighted by Gasteiger charge is 2.59. The molecule has 1 aromatic carbocycles. The van der Waals surface area contributed by atoms with Crippen molar-refractivity contribution >= 4 is 42.8 Å². The van der Waals surface area contributed by atoms with Crippen molar-refractivity contribution in [2.45, 2.75) is 59.5 Å². The van der Waals surface area contributed by atoms with Gasteiger partial charge in [-0.25, -0.2) is 13.1 Å². The van der Waals surface area contributed by atoms with Gasteiger partial charge in [0.05, 0.1) is 17.3 Å². The summed E-state index contributed by atoms with van der Waals surface area (Å²) >= 11 is 3.63. The first-order valence-electron chi connectivity index (χ1n) is 10.9. The maximum atomic E-state index is 13.6. The van der Waals surface area contributed by atoms with Crippen molar-refractivity contribution in [1.82, 2.24) is 14.6 Å². The average Bonchev–Trinajstić information content (AvgIpc) is 3.23. The molecular formula is C23H32BrN3O3S. The van der Waals surface area contributed by atoms with E-state index >= 15 is 0 Å². The molecule has 2 saturated carbocycles. The molecule has 6 nitrogen and oxygen atoms in total. The highest BCUT2D eigenvalue weighted by Crippen LogP contribution is 2.62. The Hall–Kier alpha value is -1.38. The van der Waals surface area contributed by atoms with E-state index in [9.17, 15) is 13.2 Å². The third-order valence-corrected chi connectivity index (χ3v) is 9.13. The van der Waals surface area contributed by atoms with Crippen molar-refractivity contribution in [2.75, 3.05) is 12.8 Å². The second kappa shape index (κ2) is 7.59. The number of nitrogens with one attached hydrogen (secondary N) is 2.